The molecule has 5 heteroatoms. The quantitative estimate of drug-likeness (QED) is 0.829. The van der Waals surface area contributed by atoms with Crippen molar-refractivity contribution in [3.63, 3.8) is 0 Å². The third kappa shape index (κ3) is 1.99. The largest absolute Gasteiger partial charge is 0.462 e. The number of aromatic nitrogens is 1. The number of hydrogen-bond acceptors (Lipinski definition) is 3. The molecule has 4 nitrogen and oxygen atoms in total. The van der Waals surface area contributed by atoms with Gasteiger partial charge in [0.25, 0.3) is 5.56 Å². The molecule has 0 fully saturated rings. The highest BCUT2D eigenvalue weighted by Crippen LogP contribution is 2.20. The van der Waals surface area contributed by atoms with Gasteiger partial charge >= 0.3 is 5.97 Å². The first-order valence-corrected chi connectivity index (χ1v) is 5.54. The van der Waals surface area contributed by atoms with Gasteiger partial charge in [-0.15, -0.1) is 0 Å². The molecule has 0 amide bonds. The first-order valence-electron chi connectivity index (χ1n) is 5.54. The van der Waals surface area contributed by atoms with Crippen LogP contribution in [0.5, 0.6) is 0 Å². The van der Waals surface area contributed by atoms with Crippen molar-refractivity contribution >= 4 is 16.7 Å². The van der Waals surface area contributed by atoms with E-state index in [1.165, 1.54) is 18.2 Å². The molecule has 0 saturated carbocycles. The summed E-state index contributed by atoms with van der Waals surface area (Å²) in [5.41, 5.74) is 0.220. The second-order valence-electron chi connectivity index (χ2n) is 3.86. The Hall–Kier alpha value is -2.17. The van der Waals surface area contributed by atoms with Gasteiger partial charge < -0.3 is 9.72 Å². The number of hydrogen-bond donors (Lipinski definition) is 1. The van der Waals surface area contributed by atoms with Crippen molar-refractivity contribution < 1.29 is 13.9 Å². The van der Waals surface area contributed by atoms with Gasteiger partial charge in [0.2, 0.25) is 0 Å². The second kappa shape index (κ2) is 4.60. The van der Waals surface area contributed by atoms with Crippen molar-refractivity contribution in [2.75, 3.05) is 6.61 Å². The summed E-state index contributed by atoms with van der Waals surface area (Å²) in [6.45, 7) is 3.48. The van der Waals surface area contributed by atoms with Crippen LogP contribution in [0.1, 0.15) is 23.0 Å². The lowest BCUT2D eigenvalue weighted by atomic mass is 10.0. The molecule has 0 bridgehead atoms. The number of rotatable bonds is 2. The molecular weight excluding hydrogens is 237 g/mol. The predicted molar refractivity (Wildman–Crippen MR) is 65.2 cm³/mol. The Bertz CT molecular complexity index is 676. The highest BCUT2D eigenvalue weighted by atomic mass is 19.1. The molecule has 0 spiro atoms. The molecule has 0 atom stereocenters. The van der Waals surface area contributed by atoms with Gasteiger partial charge in [-0.3, -0.25) is 4.79 Å². The molecule has 0 aliphatic carbocycles. The molecule has 2 aromatic rings. The number of carbonyl (C=O) groups excluding carboxylic acids is 1. The summed E-state index contributed by atoms with van der Waals surface area (Å²) in [6, 6.07) is 3.71. The van der Waals surface area contributed by atoms with E-state index in [4.69, 9.17) is 4.74 Å². The standard InChI is InChI=1S/C13H12FNO3/c1-3-18-13(17)11-7(2)15-12(16)9-5-4-8(14)6-10(9)11/h4-6H,3H2,1-2H3,(H,15,16). The highest BCUT2D eigenvalue weighted by molar-refractivity contribution is 6.05. The number of aromatic amines is 1. The zero-order valence-corrected chi connectivity index (χ0v) is 10.0. The maximum Gasteiger partial charge on any atom is 0.340 e. The minimum atomic E-state index is -0.568. The summed E-state index contributed by atoms with van der Waals surface area (Å²) in [4.78, 5) is 26.1. The van der Waals surface area contributed by atoms with Crippen molar-refractivity contribution in [3.8, 4) is 0 Å². The van der Waals surface area contributed by atoms with Crippen LogP contribution in [0.25, 0.3) is 10.8 Å². The summed E-state index contributed by atoms with van der Waals surface area (Å²) >= 11 is 0. The Balaban J connectivity index is 2.82. The first kappa shape index (κ1) is 12.3. The Morgan fingerprint density at radius 1 is 1.39 bits per heavy atom. The van der Waals surface area contributed by atoms with Crippen molar-refractivity contribution in [3.05, 3.63) is 45.6 Å². The van der Waals surface area contributed by atoms with Crippen LogP contribution in [-0.4, -0.2) is 17.6 Å². The normalized spacial score (nSPS) is 10.6. The average molecular weight is 249 g/mol. The van der Waals surface area contributed by atoms with E-state index in [9.17, 15) is 14.0 Å². The maximum absolute atomic E-state index is 13.3. The second-order valence-corrected chi connectivity index (χ2v) is 3.86. The van der Waals surface area contributed by atoms with E-state index in [2.05, 4.69) is 4.98 Å². The molecule has 0 saturated heterocycles. The van der Waals surface area contributed by atoms with Crippen molar-refractivity contribution in [2.45, 2.75) is 13.8 Å². The molecule has 18 heavy (non-hydrogen) atoms. The zero-order valence-electron chi connectivity index (χ0n) is 10.0. The number of ether oxygens (including phenoxy) is 1. The number of aryl methyl sites for hydroxylation is 1. The number of esters is 1. The third-order valence-corrected chi connectivity index (χ3v) is 2.65. The number of fused-ring (bicyclic) bond motifs is 1. The van der Waals surface area contributed by atoms with Crippen LogP contribution >= 0.6 is 0 Å². The van der Waals surface area contributed by atoms with Gasteiger partial charge in [0.05, 0.1) is 12.2 Å². The fraction of sp³-hybridized carbons (Fsp3) is 0.231. The van der Waals surface area contributed by atoms with Gasteiger partial charge in [-0.1, -0.05) is 0 Å². The van der Waals surface area contributed by atoms with Gasteiger partial charge in [0.15, 0.2) is 0 Å². The summed E-state index contributed by atoms with van der Waals surface area (Å²) < 4.78 is 18.2. The number of halogens is 1. The molecule has 1 heterocycles. The van der Waals surface area contributed by atoms with E-state index in [-0.39, 0.29) is 28.5 Å². The van der Waals surface area contributed by atoms with Gasteiger partial charge in [0.1, 0.15) is 5.82 Å². The average Bonchev–Trinajstić information content (AvgIpc) is 2.28. The monoisotopic (exact) mass is 249 g/mol. The summed E-state index contributed by atoms with van der Waals surface area (Å²) in [5, 5.41) is 0.541. The van der Waals surface area contributed by atoms with Gasteiger partial charge in [0, 0.05) is 16.5 Å². The molecule has 0 radical (unpaired) electrons. The fourth-order valence-electron chi connectivity index (χ4n) is 1.89. The van der Waals surface area contributed by atoms with E-state index in [1.807, 2.05) is 0 Å². The smallest absolute Gasteiger partial charge is 0.340 e. The van der Waals surface area contributed by atoms with Crippen molar-refractivity contribution in [2.24, 2.45) is 0 Å². The molecule has 2 rings (SSSR count). The summed E-state index contributed by atoms with van der Waals surface area (Å²) in [5.74, 6) is -1.07. The number of nitrogens with one attached hydrogen (secondary N) is 1. The Kier molecular flexibility index (Phi) is 3.14. The van der Waals surface area contributed by atoms with Crippen molar-refractivity contribution in [1.82, 2.24) is 4.98 Å². The minimum Gasteiger partial charge on any atom is -0.462 e. The summed E-state index contributed by atoms with van der Waals surface area (Å²) in [7, 11) is 0. The van der Waals surface area contributed by atoms with Crippen molar-refractivity contribution in [1.29, 1.82) is 0 Å². The molecule has 1 aromatic carbocycles. The Morgan fingerprint density at radius 2 is 2.11 bits per heavy atom. The van der Waals surface area contributed by atoms with E-state index < -0.39 is 11.8 Å². The van der Waals surface area contributed by atoms with Crippen LogP contribution in [-0.2, 0) is 4.74 Å². The van der Waals surface area contributed by atoms with E-state index in [1.54, 1.807) is 13.8 Å². The number of pyridine rings is 1. The SMILES string of the molecule is CCOC(=O)c1c(C)[nH]c(=O)c2ccc(F)cc12. The fourth-order valence-corrected chi connectivity index (χ4v) is 1.89. The highest BCUT2D eigenvalue weighted by Gasteiger charge is 2.17. The minimum absolute atomic E-state index is 0.200. The molecule has 0 aliphatic rings. The zero-order chi connectivity index (χ0) is 13.3. The predicted octanol–water partition coefficient (Wildman–Crippen LogP) is 2.15. The Morgan fingerprint density at radius 3 is 2.78 bits per heavy atom. The Labute approximate surface area is 102 Å². The molecule has 1 aromatic heterocycles. The molecular formula is C13H12FNO3. The number of benzene rings is 1. The topological polar surface area (TPSA) is 59.2 Å². The van der Waals surface area contributed by atoms with Crippen LogP contribution in [0, 0.1) is 12.7 Å². The van der Waals surface area contributed by atoms with Gasteiger partial charge in [-0.2, -0.15) is 0 Å². The van der Waals surface area contributed by atoms with E-state index in [0.29, 0.717) is 5.69 Å². The van der Waals surface area contributed by atoms with Crippen LogP contribution in [0.15, 0.2) is 23.0 Å². The molecule has 0 unspecified atom stereocenters. The lowest BCUT2D eigenvalue weighted by molar-refractivity contribution is 0.0527. The maximum atomic E-state index is 13.3. The first-order chi connectivity index (χ1) is 8.54. The van der Waals surface area contributed by atoms with Crippen LogP contribution in [0.4, 0.5) is 4.39 Å². The summed E-state index contributed by atoms with van der Waals surface area (Å²) in [6.07, 6.45) is 0. The molecule has 1 N–H and O–H groups in total. The molecule has 94 valence electrons. The number of H-pyrrole nitrogens is 1. The van der Waals surface area contributed by atoms with Gasteiger partial charge in [-0.25, -0.2) is 9.18 Å². The molecule has 0 aliphatic heterocycles. The number of carbonyl (C=O) groups is 1. The van der Waals surface area contributed by atoms with Crippen LogP contribution in [0.2, 0.25) is 0 Å². The van der Waals surface area contributed by atoms with Crippen LogP contribution in [0.3, 0.4) is 0 Å². The van der Waals surface area contributed by atoms with Crippen LogP contribution < -0.4 is 5.56 Å². The van der Waals surface area contributed by atoms with E-state index in [0.717, 1.165) is 0 Å². The lowest BCUT2D eigenvalue weighted by Crippen LogP contribution is -2.16. The van der Waals surface area contributed by atoms with E-state index >= 15 is 0 Å². The van der Waals surface area contributed by atoms with Gasteiger partial charge in [-0.05, 0) is 32.0 Å². The lowest BCUT2D eigenvalue weighted by Gasteiger charge is -2.09. The third-order valence-electron chi connectivity index (χ3n) is 2.65.